The molecule has 2 heterocycles. The minimum atomic E-state index is -0.950. The zero-order valence-corrected chi connectivity index (χ0v) is 20.1. The lowest BCUT2D eigenvalue weighted by Crippen LogP contribution is -2.47. The maximum absolute atomic E-state index is 13.0. The summed E-state index contributed by atoms with van der Waals surface area (Å²) in [5.74, 6) is -0.948. The van der Waals surface area contributed by atoms with Gasteiger partial charge >= 0.3 is 5.97 Å². The predicted molar refractivity (Wildman–Crippen MR) is 125 cm³/mol. The van der Waals surface area contributed by atoms with Gasteiger partial charge in [0, 0.05) is 38.5 Å². The van der Waals surface area contributed by atoms with Crippen LogP contribution in [-0.2, 0) is 29.2 Å². The number of carboxylic acid groups (broad SMARTS) is 1. The number of ether oxygens (including phenoxy) is 1. The summed E-state index contributed by atoms with van der Waals surface area (Å²) in [5.41, 5.74) is 2.02. The van der Waals surface area contributed by atoms with E-state index in [4.69, 9.17) is 4.74 Å². The number of likely N-dealkylation sites (N-methyl/N-ethyl adjacent to an activating group) is 1. The maximum atomic E-state index is 13.0. The van der Waals surface area contributed by atoms with Gasteiger partial charge in [0.25, 0.3) is 0 Å². The van der Waals surface area contributed by atoms with E-state index in [1.54, 1.807) is 34.0 Å². The van der Waals surface area contributed by atoms with Gasteiger partial charge in [-0.05, 0) is 38.1 Å². The molecule has 0 unspecified atom stereocenters. The molecule has 1 amide bonds. The van der Waals surface area contributed by atoms with Crippen molar-refractivity contribution in [3.63, 3.8) is 0 Å². The molecule has 34 heavy (non-hydrogen) atoms. The molecule has 0 fully saturated rings. The van der Waals surface area contributed by atoms with E-state index < -0.39 is 5.97 Å². The first-order chi connectivity index (χ1) is 16.3. The Kier molecular flexibility index (Phi) is 9.14. The highest BCUT2D eigenvalue weighted by Gasteiger charge is 2.28. The number of rotatable bonds is 7. The van der Waals surface area contributed by atoms with Gasteiger partial charge in [-0.15, -0.1) is 5.10 Å². The van der Waals surface area contributed by atoms with Crippen molar-refractivity contribution in [2.24, 2.45) is 5.92 Å². The first kappa shape index (κ1) is 25.8. The van der Waals surface area contributed by atoms with Crippen LogP contribution in [0, 0.1) is 5.92 Å². The zero-order valence-electron chi connectivity index (χ0n) is 20.1. The summed E-state index contributed by atoms with van der Waals surface area (Å²) in [7, 11) is 1.96. The first-order valence-corrected chi connectivity index (χ1v) is 11.7. The van der Waals surface area contributed by atoms with Crippen LogP contribution in [-0.4, -0.2) is 85.8 Å². The Morgan fingerprint density at radius 1 is 1.38 bits per heavy atom. The third kappa shape index (κ3) is 6.85. The summed E-state index contributed by atoms with van der Waals surface area (Å²) in [6, 6.07) is 6.63. The summed E-state index contributed by atoms with van der Waals surface area (Å²) in [6.07, 6.45) is 2.49. The smallest absolute Gasteiger partial charge is 0.335 e. The van der Waals surface area contributed by atoms with E-state index in [0.29, 0.717) is 45.6 Å². The molecular weight excluding hydrogens is 438 g/mol. The average molecular weight is 474 g/mol. The van der Waals surface area contributed by atoms with Gasteiger partial charge in [-0.1, -0.05) is 24.3 Å². The van der Waals surface area contributed by atoms with Crippen molar-refractivity contribution in [3.8, 4) is 0 Å². The SMILES string of the molecule is C[C@@H]1CN([C@H](C)CO)C(=O)CCCn2nncc2CO[C@@H]1CN(C)Cc1cccc(C(=O)O)c1. The minimum Gasteiger partial charge on any atom is -0.478 e. The van der Waals surface area contributed by atoms with E-state index in [1.165, 1.54) is 0 Å². The first-order valence-electron chi connectivity index (χ1n) is 11.7. The van der Waals surface area contributed by atoms with Gasteiger partial charge in [0.15, 0.2) is 0 Å². The Hall–Kier alpha value is -2.82. The van der Waals surface area contributed by atoms with E-state index in [2.05, 4.69) is 22.1 Å². The van der Waals surface area contributed by atoms with Gasteiger partial charge in [-0.3, -0.25) is 9.69 Å². The number of carbonyl (C=O) groups excluding carboxylic acids is 1. The second-order valence-corrected chi connectivity index (χ2v) is 9.16. The summed E-state index contributed by atoms with van der Waals surface area (Å²) in [4.78, 5) is 28.1. The van der Waals surface area contributed by atoms with E-state index in [1.807, 2.05) is 20.0 Å². The molecule has 2 aromatic rings. The Balaban J connectivity index is 1.77. The summed E-state index contributed by atoms with van der Waals surface area (Å²) >= 11 is 0. The lowest BCUT2D eigenvalue weighted by atomic mass is 10.0. The van der Waals surface area contributed by atoms with E-state index in [9.17, 15) is 19.8 Å². The molecule has 0 aliphatic carbocycles. The number of amides is 1. The molecule has 0 radical (unpaired) electrons. The van der Waals surface area contributed by atoms with Crippen LogP contribution >= 0.6 is 0 Å². The van der Waals surface area contributed by atoms with Crippen molar-refractivity contribution in [1.82, 2.24) is 24.8 Å². The topological polar surface area (TPSA) is 121 Å². The van der Waals surface area contributed by atoms with Crippen molar-refractivity contribution in [3.05, 3.63) is 47.3 Å². The van der Waals surface area contributed by atoms with Crippen LogP contribution in [0.2, 0.25) is 0 Å². The van der Waals surface area contributed by atoms with Crippen LogP contribution in [0.3, 0.4) is 0 Å². The highest BCUT2D eigenvalue weighted by molar-refractivity contribution is 5.87. The van der Waals surface area contributed by atoms with Crippen molar-refractivity contribution < 1.29 is 24.5 Å². The number of hydrogen-bond acceptors (Lipinski definition) is 7. The Morgan fingerprint density at radius 2 is 2.18 bits per heavy atom. The van der Waals surface area contributed by atoms with Crippen molar-refractivity contribution in [2.75, 3.05) is 26.7 Å². The highest BCUT2D eigenvalue weighted by atomic mass is 16.5. The normalized spacial score (nSPS) is 21.0. The quantitative estimate of drug-likeness (QED) is 0.623. The summed E-state index contributed by atoms with van der Waals surface area (Å²) < 4.78 is 8.12. The van der Waals surface area contributed by atoms with Gasteiger partial charge in [-0.25, -0.2) is 9.48 Å². The number of hydrogen-bond donors (Lipinski definition) is 2. The summed E-state index contributed by atoms with van der Waals surface area (Å²) in [6.45, 7) is 6.35. The molecule has 3 atom stereocenters. The monoisotopic (exact) mass is 473 g/mol. The number of aryl methyl sites for hydroxylation is 1. The number of aliphatic hydroxyl groups excluding tert-OH is 1. The maximum Gasteiger partial charge on any atom is 0.335 e. The molecule has 10 nitrogen and oxygen atoms in total. The number of nitrogens with zero attached hydrogens (tertiary/aromatic N) is 5. The second kappa shape index (κ2) is 12.0. The van der Waals surface area contributed by atoms with Crippen LogP contribution in [0.15, 0.2) is 30.5 Å². The molecule has 1 aliphatic rings. The molecule has 0 bridgehead atoms. The van der Waals surface area contributed by atoms with E-state index >= 15 is 0 Å². The molecule has 0 spiro atoms. The Bertz CT molecular complexity index is 965. The van der Waals surface area contributed by atoms with Gasteiger partial charge in [-0.2, -0.15) is 0 Å². The largest absolute Gasteiger partial charge is 0.478 e. The third-order valence-electron chi connectivity index (χ3n) is 6.26. The molecule has 0 saturated heterocycles. The molecule has 10 heteroatoms. The van der Waals surface area contributed by atoms with Crippen LogP contribution in [0.4, 0.5) is 0 Å². The molecule has 3 rings (SSSR count). The molecule has 0 saturated carbocycles. The fourth-order valence-electron chi connectivity index (χ4n) is 4.23. The molecule has 1 aromatic carbocycles. The van der Waals surface area contributed by atoms with Gasteiger partial charge in [0.1, 0.15) is 0 Å². The van der Waals surface area contributed by atoms with Crippen molar-refractivity contribution in [1.29, 1.82) is 0 Å². The molecule has 1 aromatic heterocycles. The summed E-state index contributed by atoms with van der Waals surface area (Å²) in [5, 5.41) is 27.1. The molecular formula is C24H35N5O5. The second-order valence-electron chi connectivity index (χ2n) is 9.16. The lowest BCUT2D eigenvalue weighted by Gasteiger charge is -2.35. The van der Waals surface area contributed by atoms with Gasteiger partial charge in [0.2, 0.25) is 5.91 Å². The minimum absolute atomic E-state index is 0.00508. The van der Waals surface area contributed by atoms with Crippen molar-refractivity contribution in [2.45, 2.75) is 58.5 Å². The average Bonchev–Trinajstić information content (AvgIpc) is 3.26. The Morgan fingerprint density at radius 3 is 2.91 bits per heavy atom. The number of benzene rings is 1. The van der Waals surface area contributed by atoms with E-state index in [0.717, 1.165) is 11.3 Å². The van der Waals surface area contributed by atoms with Crippen LogP contribution in [0.25, 0.3) is 0 Å². The van der Waals surface area contributed by atoms with Crippen LogP contribution in [0.5, 0.6) is 0 Å². The van der Waals surface area contributed by atoms with Gasteiger partial charge < -0.3 is 19.8 Å². The third-order valence-corrected chi connectivity index (χ3v) is 6.26. The molecule has 2 N–H and O–H groups in total. The number of aromatic nitrogens is 3. The number of carbonyl (C=O) groups is 2. The molecule has 1 aliphatic heterocycles. The van der Waals surface area contributed by atoms with Crippen LogP contribution < -0.4 is 0 Å². The molecule has 186 valence electrons. The number of aromatic carboxylic acids is 1. The van der Waals surface area contributed by atoms with Gasteiger partial charge in [0.05, 0.1) is 42.8 Å². The fourth-order valence-corrected chi connectivity index (χ4v) is 4.23. The van der Waals surface area contributed by atoms with Crippen molar-refractivity contribution >= 4 is 11.9 Å². The number of carboxylic acids is 1. The zero-order chi connectivity index (χ0) is 24.7. The number of aliphatic hydroxyl groups is 1. The Labute approximate surface area is 200 Å². The standard InChI is InChI=1S/C24H35N5O5/c1-17-12-28(18(2)15-30)23(31)8-5-9-29-21(11-25-26-29)16-34-22(17)14-27(3)13-19-6-4-7-20(10-19)24(32)33/h4,6-7,10-11,17-18,22,30H,5,8-9,12-16H2,1-3H3,(H,32,33)/t17-,18-,22-/m1/s1. The predicted octanol–water partition coefficient (Wildman–Crippen LogP) is 1.63. The lowest BCUT2D eigenvalue weighted by molar-refractivity contribution is -0.136. The highest BCUT2D eigenvalue weighted by Crippen LogP contribution is 2.19. The van der Waals surface area contributed by atoms with Crippen LogP contribution in [0.1, 0.15) is 48.3 Å². The van der Waals surface area contributed by atoms with E-state index in [-0.39, 0.29) is 36.1 Å². The fraction of sp³-hybridized carbons (Fsp3) is 0.583. The number of fused-ring (bicyclic) bond motifs is 1.